The first-order chi connectivity index (χ1) is 7.45. The van der Waals surface area contributed by atoms with Gasteiger partial charge in [0.1, 0.15) is 0 Å². The van der Waals surface area contributed by atoms with E-state index >= 15 is 0 Å². The summed E-state index contributed by atoms with van der Waals surface area (Å²) in [6, 6.07) is 5.05. The molecule has 86 valence electrons. The largest absolute Gasteiger partial charge is 0.261 e. The minimum Gasteiger partial charge on any atom is -0.207 e. The zero-order chi connectivity index (χ0) is 12.3. The van der Waals surface area contributed by atoms with Crippen LogP contribution in [-0.4, -0.2) is 8.42 Å². The van der Waals surface area contributed by atoms with Crippen LogP contribution in [0.3, 0.4) is 0 Å². The van der Waals surface area contributed by atoms with Crippen molar-refractivity contribution in [1.82, 2.24) is 0 Å². The lowest BCUT2D eigenvalue weighted by Crippen LogP contribution is -2.04. The third kappa shape index (κ3) is 2.49. The van der Waals surface area contributed by atoms with Gasteiger partial charge in [0.2, 0.25) is 0 Å². The van der Waals surface area contributed by atoms with Gasteiger partial charge in [-0.25, -0.2) is 8.42 Å². The van der Waals surface area contributed by atoms with Gasteiger partial charge in [0.05, 0.1) is 22.4 Å². The summed E-state index contributed by atoms with van der Waals surface area (Å²) in [5, 5.41) is 8.86. The van der Waals surface area contributed by atoms with E-state index in [4.69, 9.17) is 27.5 Å². The third-order valence-electron chi connectivity index (χ3n) is 2.22. The molecule has 0 radical (unpaired) electrons. The Hall–Kier alpha value is -0.760. The monoisotopic (exact) mass is 277 g/mol. The molecule has 0 saturated heterocycles. The van der Waals surface area contributed by atoms with Crippen molar-refractivity contribution in [2.24, 2.45) is 0 Å². The van der Waals surface area contributed by atoms with Gasteiger partial charge in [-0.3, -0.25) is 0 Å². The highest BCUT2D eigenvalue weighted by molar-refractivity contribution is 8.13. The van der Waals surface area contributed by atoms with Crippen LogP contribution in [0.5, 0.6) is 0 Å². The van der Waals surface area contributed by atoms with Gasteiger partial charge in [0.25, 0.3) is 9.05 Å². The van der Waals surface area contributed by atoms with Gasteiger partial charge >= 0.3 is 0 Å². The van der Waals surface area contributed by atoms with Crippen LogP contribution in [0.4, 0.5) is 0 Å². The van der Waals surface area contributed by atoms with Gasteiger partial charge in [0.15, 0.2) is 0 Å². The second kappa shape index (κ2) is 5.05. The number of nitrogens with zero attached hydrogens (tertiary/aromatic N) is 1. The number of nitriles is 1. The van der Waals surface area contributed by atoms with Crippen molar-refractivity contribution in [2.75, 3.05) is 0 Å². The number of halogens is 2. The Morgan fingerprint density at radius 3 is 2.44 bits per heavy atom. The minimum absolute atomic E-state index is 0.0225. The molecule has 0 aliphatic rings. The highest BCUT2D eigenvalue weighted by Gasteiger charge is 2.21. The Bertz CT molecular complexity index is 547. The maximum Gasteiger partial charge on any atom is 0.261 e. The first-order valence-corrected chi connectivity index (χ1v) is 7.35. The summed E-state index contributed by atoms with van der Waals surface area (Å²) in [6.45, 7) is 1.81. The maximum absolute atomic E-state index is 11.5. The lowest BCUT2D eigenvalue weighted by Gasteiger charge is -2.10. The van der Waals surface area contributed by atoms with Gasteiger partial charge in [-0.1, -0.05) is 13.0 Å². The summed E-state index contributed by atoms with van der Waals surface area (Å²) < 4.78 is 22.9. The van der Waals surface area contributed by atoms with E-state index in [0.717, 1.165) is 0 Å². The van der Waals surface area contributed by atoms with Gasteiger partial charge in [-0.15, -0.1) is 11.6 Å². The average molecular weight is 278 g/mol. The summed E-state index contributed by atoms with van der Waals surface area (Å²) in [5.74, 6) is -0.0575. The summed E-state index contributed by atoms with van der Waals surface area (Å²) in [4.78, 5) is -0.0225. The van der Waals surface area contributed by atoms with E-state index in [9.17, 15) is 8.42 Å². The molecule has 0 aliphatic heterocycles. The first kappa shape index (κ1) is 13.3. The molecule has 0 bridgehead atoms. The van der Waals surface area contributed by atoms with E-state index < -0.39 is 9.05 Å². The van der Waals surface area contributed by atoms with Crippen LogP contribution in [0.1, 0.15) is 23.6 Å². The molecule has 6 heteroatoms. The van der Waals surface area contributed by atoms with E-state index in [2.05, 4.69) is 0 Å². The summed E-state index contributed by atoms with van der Waals surface area (Å²) in [6.07, 6.45) is 0.511. The van der Waals surface area contributed by atoms with Crippen LogP contribution in [0.25, 0.3) is 0 Å². The molecule has 16 heavy (non-hydrogen) atoms. The topological polar surface area (TPSA) is 57.9 Å². The smallest absolute Gasteiger partial charge is 0.207 e. The Morgan fingerprint density at radius 2 is 2.06 bits per heavy atom. The van der Waals surface area contributed by atoms with Crippen molar-refractivity contribution in [3.05, 3.63) is 28.8 Å². The predicted molar refractivity (Wildman–Crippen MR) is 63.1 cm³/mol. The predicted octanol–water partition coefficient (Wildman–Crippen LogP) is 2.79. The van der Waals surface area contributed by atoms with E-state index in [-0.39, 0.29) is 21.9 Å². The Kier molecular flexibility index (Phi) is 4.20. The summed E-state index contributed by atoms with van der Waals surface area (Å²) in [5.41, 5.74) is 1.09. The molecule has 0 atom stereocenters. The van der Waals surface area contributed by atoms with Gasteiger partial charge in [-0.2, -0.15) is 5.26 Å². The van der Waals surface area contributed by atoms with Gasteiger partial charge < -0.3 is 0 Å². The number of benzene rings is 1. The van der Waals surface area contributed by atoms with Crippen LogP contribution in [0, 0.1) is 11.3 Å². The van der Waals surface area contributed by atoms with E-state index in [1.807, 2.05) is 13.0 Å². The fraction of sp³-hybridized carbons (Fsp3) is 0.300. The van der Waals surface area contributed by atoms with E-state index in [1.54, 1.807) is 12.1 Å². The molecule has 0 amide bonds. The van der Waals surface area contributed by atoms with Crippen molar-refractivity contribution in [1.29, 1.82) is 5.26 Å². The molecular formula is C10H9Cl2NO2S. The minimum atomic E-state index is -3.88. The molecule has 1 rings (SSSR count). The van der Waals surface area contributed by atoms with Crippen molar-refractivity contribution in [2.45, 2.75) is 24.1 Å². The van der Waals surface area contributed by atoms with Crippen LogP contribution in [0.2, 0.25) is 0 Å². The number of rotatable bonds is 3. The molecule has 0 aromatic heterocycles. The second-order valence-electron chi connectivity index (χ2n) is 3.12. The molecule has 0 unspecified atom stereocenters. The highest BCUT2D eigenvalue weighted by atomic mass is 35.7. The molecule has 0 fully saturated rings. The second-order valence-corrected chi connectivity index (χ2v) is 5.89. The Labute approximate surface area is 104 Å². The molecule has 0 saturated carbocycles. The van der Waals surface area contributed by atoms with Gasteiger partial charge in [-0.05, 0) is 18.1 Å². The SMILES string of the molecule is CCc1ccc(C#N)c(CCl)c1S(=O)(=O)Cl. The van der Waals surface area contributed by atoms with Crippen molar-refractivity contribution >= 4 is 31.3 Å². The normalized spacial score (nSPS) is 11.1. The Balaban J connectivity index is 3.72. The zero-order valence-corrected chi connectivity index (χ0v) is 10.8. The molecule has 0 heterocycles. The fourth-order valence-electron chi connectivity index (χ4n) is 1.50. The molecule has 0 aliphatic carbocycles. The lowest BCUT2D eigenvalue weighted by molar-refractivity contribution is 0.608. The number of hydrogen-bond acceptors (Lipinski definition) is 3. The van der Waals surface area contributed by atoms with Crippen LogP contribution < -0.4 is 0 Å². The molecule has 1 aromatic carbocycles. The van der Waals surface area contributed by atoms with Crippen molar-refractivity contribution in [3.63, 3.8) is 0 Å². The molecule has 0 spiro atoms. The van der Waals surface area contributed by atoms with Gasteiger partial charge in [0, 0.05) is 16.2 Å². The lowest BCUT2D eigenvalue weighted by atomic mass is 10.0. The fourth-order valence-corrected chi connectivity index (χ4v) is 3.43. The van der Waals surface area contributed by atoms with Crippen LogP contribution in [-0.2, 0) is 21.4 Å². The molecule has 0 N–H and O–H groups in total. The molecular weight excluding hydrogens is 269 g/mol. The third-order valence-corrected chi connectivity index (χ3v) is 3.95. The summed E-state index contributed by atoms with van der Waals surface area (Å²) in [7, 11) is 1.48. The molecule has 1 aromatic rings. The number of hydrogen-bond donors (Lipinski definition) is 0. The Morgan fingerprint density at radius 1 is 1.44 bits per heavy atom. The highest BCUT2D eigenvalue weighted by Crippen LogP contribution is 2.28. The summed E-state index contributed by atoms with van der Waals surface area (Å²) >= 11 is 5.68. The average Bonchev–Trinajstić information content (AvgIpc) is 2.25. The standard InChI is InChI=1S/C10H9Cl2NO2S/c1-2-7-3-4-8(6-13)9(5-11)10(7)16(12,14)15/h3-4H,2,5H2,1H3. The van der Waals surface area contributed by atoms with Crippen molar-refractivity contribution in [3.8, 4) is 6.07 Å². The van der Waals surface area contributed by atoms with E-state index in [0.29, 0.717) is 12.0 Å². The van der Waals surface area contributed by atoms with E-state index in [1.165, 1.54) is 0 Å². The molecule has 3 nitrogen and oxygen atoms in total. The number of alkyl halides is 1. The number of aryl methyl sites for hydroxylation is 1. The van der Waals surface area contributed by atoms with Crippen LogP contribution >= 0.6 is 22.3 Å². The maximum atomic E-state index is 11.5. The zero-order valence-electron chi connectivity index (χ0n) is 8.50. The first-order valence-electron chi connectivity index (χ1n) is 4.51. The van der Waals surface area contributed by atoms with Crippen LogP contribution in [0.15, 0.2) is 17.0 Å². The quantitative estimate of drug-likeness (QED) is 0.631. The van der Waals surface area contributed by atoms with Crippen molar-refractivity contribution < 1.29 is 8.42 Å².